The molecule has 0 aliphatic carbocycles. The van der Waals surface area contributed by atoms with Gasteiger partial charge in [0.15, 0.2) is 43.1 Å². The average Bonchev–Trinajstić information content (AvgIpc) is 2.90. The van der Waals surface area contributed by atoms with Gasteiger partial charge in [0, 0.05) is 55.6 Å². The molecule has 0 aromatic rings. The number of carbonyl (C=O) groups is 7. The van der Waals surface area contributed by atoms with Crippen LogP contribution in [0.3, 0.4) is 0 Å². The van der Waals surface area contributed by atoms with Crippen LogP contribution in [0.1, 0.15) is 48.5 Å². The highest BCUT2D eigenvalue weighted by molar-refractivity contribution is 5.69. The highest BCUT2D eigenvalue weighted by Crippen LogP contribution is 2.35. The summed E-state index contributed by atoms with van der Waals surface area (Å²) in [4.78, 5) is 84.1. The molecule has 0 saturated carbocycles. The van der Waals surface area contributed by atoms with Gasteiger partial charge in [-0.2, -0.15) is 0 Å². The first kappa shape index (κ1) is 37.3. The summed E-state index contributed by atoms with van der Waals surface area (Å²) in [5.41, 5.74) is 0. The summed E-state index contributed by atoms with van der Waals surface area (Å²) < 4.78 is 60.6. The van der Waals surface area contributed by atoms with Crippen molar-refractivity contribution < 1.29 is 85.7 Å². The molecule has 0 aromatic heterocycles. The fourth-order valence-corrected chi connectivity index (χ4v) is 4.66. The summed E-state index contributed by atoms with van der Waals surface area (Å²) in [6.45, 7) is 6.47. The molecule has 2 fully saturated rings. The van der Waals surface area contributed by atoms with Crippen molar-refractivity contribution in [3.8, 4) is 0 Å². The SMILES string of the molecule is CO[C@H]1O[C@H](COC(C)=O)[C@H](OC(C)=O)[C@H](O[C@H]2O[C@H](COC(C)=O)[C@H](OC(C)=O)[C@H](OC(C)=O)[C@H]2OC(C)=O)[C@H]1OC(C)=O. The summed E-state index contributed by atoms with van der Waals surface area (Å²) in [7, 11) is 1.21. The van der Waals surface area contributed by atoms with Crippen molar-refractivity contribution in [3.63, 3.8) is 0 Å². The van der Waals surface area contributed by atoms with Crippen molar-refractivity contribution in [1.82, 2.24) is 0 Å². The average molecular weight is 651 g/mol. The molecule has 2 aliphatic heterocycles. The van der Waals surface area contributed by atoms with Crippen LogP contribution in [0.5, 0.6) is 0 Å². The minimum absolute atomic E-state index is 0.474. The van der Waals surface area contributed by atoms with Crippen LogP contribution in [-0.2, 0) is 85.7 Å². The first-order chi connectivity index (χ1) is 21.0. The van der Waals surface area contributed by atoms with Crippen molar-refractivity contribution in [1.29, 1.82) is 0 Å². The predicted octanol–water partition coefficient (Wildman–Crippen LogP) is -0.747. The summed E-state index contributed by atoms with van der Waals surface area (Å²) in [5.74, 6) is -5.76. The Hall–Kier alpha value is -3.87. The number of methoxy groups -OCH3 is 1. The van der Waals surface area contributed by atoms with Crippen LogP contribution in [0.2, 0.25) is 0 Å². The maximum atomic E-state index is 12.2. The monoisotopic (exact) mass is 650 g/mol. The highest BCUT2D eigenvalue weighted by atomic mass is 16.8. The maximum Gasteiger partial charge on any atom is 0.303 e. The second-order valence-electron chi connectivity index (χ2n) is 9.90. The normalized spacial score (nSPS) is 31.0. The predicted molar refractivity (Wildman–Crippen MR) is 140 cm³/mol. The van der Waals surface area contributed by atoms with E-state index in [1.54, 1.807) is 0 Å². The van der Waals surface area contributed by atoms with Crippen LogP contribution in [-0.4, -0.2) is 124 Å². The number of ether oxygens (including phenoxy) is 11. The number of rotatable bonds is 12. The van der Waals surface area contributed by atoms with E-state index in [2.05, 4.69) is 0 Å². The Labute approximate surface area is 258 Å². The molecule has 45 heavy (non-hydrogen) atoms. The second kappa shape index (κ2) is 17.0. The lowest BCUT2D eigenvalue weighted by molar-refractivity contribution is -0.360. The first-order valence-corrected chi connectivity index (χ1v) is 13.7. The molecule has 0 spiro atoms. The summed E-state index contributed by atoms with van der Waals surface area (Å²) in [5, 5.41) is 0. The van der Waals surface area contributed by atoms with Gasteiger partial charge in [-0.25, -0.2) is 0 Å². The van der Waals surface area contributed by atoms with Gasteiger partial charge in [-0.15, -0.1) is 0 Å². The molecule has 2 saturated heterocycles. The molecule has 18 nitrogen and oxygen atoms in total. The fourth-order valence-electron chi connectivity index (χ4n) is 4.66. The van der Waals surface area contributed by atoms with E-state index in [-0.39, 0.29) is 0 Å². The molecule has 0 N–H and O–H groups in total. The topological polar surface area (TPSA) is 221 Å². The van der Waals surface area contributed by atoms with E-state index in [0.29, 0.717) is 0 Å². The third-order valence-corrected chi connectivity index (χ3v) is 6.12. The van der Waals surface area contributed by atoms with E-state index in [4.69, 9.17) is 52.1 Å². The third kappa shape index (κ3) is 11.2. The number of carbonyl (C=O) groups excluding carboxylic acids is 7. The maximum absolute atomic E-state index is 12.2. The molecule has 0 aromatic carbocycles. The van der Waals surface area contributed by atoms with Crippen molar-refractivity contribution >= 4 is 41.8 Å². The Balaban J connectivity index is 2.70. The van der Waals surface area contributed by atoms with Gasteiger partial charge in [0.2, 0.25) is 0 Å². The minimum atomic E-state index is -1.77. The van der Waals surface area contributed by atoms with Crippen LogP contribution >= 0.6 is 0 Å². The first-order valence-electron chi connectivity index (χ1n) is 13.7. The molecule has 254 valence electrons. The minimum Gasteiger partial charge on any atom is -0.463 e. The Morgan fingerprint density at radius 2 is 0.778 bits per heavy atom. The van der Waals surface area contributed by atoms with Gasteiger partial charge in [0.05, 0.1) is 0 Å². The van der Waals surface area contributed by atoms with E-state index < -0.39 is 116 Å². The number of esters is 7. The van der Waals surface area contributed by atoms with E-state index in [1.807, 2.05) is 0 Å². The smallest absolute Gasteiger partial charge is 0.303 e. The van der Waals surface area contributed by atoms with Gasteiger partial charge < -0.3 is 52.1 Å². The molecule has 10 atom stereocenters. The Morgan fingerprint density at radius 3 is 1.16 bits per heavy atom. The Morgan fingerprint density at radius 1 is 0.444 bits per heavy atom. The summed E-state index contributed by atoms with van der Waals surface area (Å²) in [6, 6.07) is 0. The fraction of sp³-hybridized carbons (Fsp3) is 0.741. The second-order valence-corrected chi connectivity index (χ2v) is 9.90. The van der Waals surface area contributed by atoms with Gasteiger partial charge in [0.25, 0.3) is 0 Å². The Kier molecular flexibility index (Phi) is 14.1. The lowest BCUT2D eigenvalue weighted by atomic mass is 9.96. The van der Waals surface area contributed by atoms with Crippen molar-refractivity contribution in [2.24, 2.45) is 0 Å². The molecule has 0 unspecified atom stereocenters. The van der Waals surface area contributed by atoms with Gasteiger partial charge in [-0.05, 0) is 0 Å². The van der Waals surface area contributed by atoms with Crippen molar-refractivity contribution in [3.05, 3.63) is 0 Å². The lowest BCUT2D eigenvalue weighted by Gasteiger charge is -2.48. The molecular weight excluding hydrogens is 612 g/mol. The Bertz CT molecular complexity index is 1110. The van der Waals surface area contributed by atoms with Crippen LogP contribution in [0.4, 0.5) is 0 Å². The van der Waals surface area contributed by atoms with E-state index in [0.717, 1.165) is 48.5 Å². The van der Waals surface area contributed by atoms with Gasteiger partial charge >= 0.3 is 41.8 Å². The van der Waals surface area contributed by atoms with Crippen molar-refractivity contribution in [2.75, 3.05) is 20.3 Å². The van der Waals surface area contributed by atoms with Crippen molar-refractivity contribution in [2.45, 2.75) is 110 Å². The molecule has 0 radical (unpaired) electrons. The van der Waals surface area contributed by atoms with Crippen LogP contribution in [0.15, 0.2) is 0 Å². The standard InChI is InChI=1S/C27H38O18/c1-11(28)36-9-18-21(39-14(4)31)23(24(41-16(6)33)26(35-8)43-18)45-27-25(42-17(7)34)22(40-15(5)32)20(38-13(3)30)19(44-27)10-37-12(2)29/h18-27H,9-10H2,1-8H3/t18-,19-,20+,21+,22+,23+,24-,25-,26+,27-/m1/s1. The molecule has 0 bridgehead atoms. The van der Waals surface area contributed by atoms with E-state index >= 15 is 0 Å². The largest absolute Gasteiger partial charge is 0.463 e. The lowest BCUT2D eigenvalue weighted by Crippen LogP contribution is -2.67. The zero-order valence-corrected chi connectivity index (χ0v) is 26.0. The quantitative estimate of drug-likeness (QED) is 0.187. The van der Waals surface area contributed by atoms with E-state index in [1.165, 1.54) is 7.11 Å². The number of hydrogen-bond acceptors (Lipinski definition) is 18. The van der Waals surface area contributed by atoms with Gasteiger partial charge in [-0.1, -0.05) is 0 Å². The van der Waals surface area contributed by atoms with Crippen LogP contribution in [0, 0.1) is 0 Å². The molecule has 0 amide bonds. The van der Waals surface area contributed by atoms with Crippen LogP contribution < -0.4 is 0 Å². The zero-order chi connectivity index (χ0) is 34.0. The molecule has 18 heteroatoms. The van der Waals surface area contributed by atoms with Gasteiger partial charge in [-0.3, -0.25) is 33.6 Å². The van der Waals surface area contributed by atoms with E-state index in [9.17, 15) is 33.6 Å². The molecular formula is C27H38O18. The molecule has 2 heterocycles. The summed E-state index contributed by atoms with van der Waals surface area (Å²) in [6.07, 6.45) is -15.1. The van der Waals surface area contributed by atoms with Crippen LogP contribution in [0.25, 0.3) is 0 Å². The molecule has 2 rings (SSSR count). The molecule has 2 aliphatic rings. The summed E-state index contributed by atoms with van der Waals surface area (Å²) >= 11 is 0. The number of hydrogen-bond donors (Lipinski definition) is 0. The zero-order valence-electron chi connectivity index (χ0n) is 26.0. The van der Waals surface area contributed by atoms with Gasteiger partial charge in [0.1, 0.15) is 31.5 Å². The highest BCUT2D eigenvalue weighted by Gasteiger charge is 2.57. The third-order valence-electron chi connectivity index (χ3n) is 6.12.